The van der Waals surface area contributed by atoms with Gasteiger partial charge in [-0.05, 0) is 79.1 Å². The van der Waals surface area contributed by atoms with Crippen LogP contribution in [0.2, 0.25) is 0 Å². The van der Waals surface area contributed by atoms with Crippen LogP contribution in [0.25, 0.3) is 10.8 Å². The predicted octanol–water partition coefficient (Wildman–Crippen LogP) is 5.42. The lowest BCUT2D eigenvalue weighted by Gasteiger charge is -2.33. The number of hydrogen-bond acceptors (Lipinski definition) is 7. The van der Waals surface area contributed by atoms with E-state index < -0.39 is 42.1 Å². The smallest absolute Gasteiger partial charge is 0.408 e. The van der Waals surface area contributed by atoms with Crippen LogP contribution in [0, 0.1) is 11.3 Å². The van der Waals surface area contributed by atoms with Crippen LogP contribution in [-0.4, -0.2) is 51.2 Å². The molecule has 0 saturated carbocycles. The summed E-state index contributed by atoms with van der Waals surface area (Å²) in [5, 5.41) is 36.8. The van der Waals surface area contributed by atoms with Gasteiger partial charge in [-0.2, -0.15) is 5.26 Å². The van der Waals surface area contributed by atoms with Crippen LogP contribution < -0.4 is 10.6 Å². The van der Waals surface area contributed by atoms with E-state index in [0.29, 0.717) is 16.8 Å². The molecule has 4 aromatic rings. The minimum Gasteiger partial charge on any atom is -0.508 e. The molecule has 2 atom stereocenters. The molecule has 44 heavy (non-hydrogen) atoms. The van der Waals surface area contributed by atoms with Gasteiger partial charge in [0.2, 0.25) is 5.91 Å². The zero-order chi connectivity index (χ0) is 31.9. The van der Waals surface area contributed by atoms with Gasteiger partial charge in [0.15, 0.2) is 0 Å². The molecule has 0 bridgehead atoms. The molecular formula is C34H34N4O6. The number of ether oxygens (including phenoxy) is 1. The Kier molecular flexibility index (Phi) is 9.71. The fraction of sp³-hybridized carbons (Fsp3) is 0.235. The highest BCUT2D eigenvalue weighted by atomic mass is 16.6. The monoisotopic (exact) mass is 594 g/mol. The lowest BCUT2D eigenvalue weighted by Crippen LogP contribution is -2.53. The SMILES string of the molecule is CC(C)(C)OC(=O)NC(Cc1ccc(O)cc1)C(=O)N(CC#N)C(C(=O)Nc1ccc2ccccc2c1)c1ccc(O)cc1. The molecule has 0 aromatic heterocycles. The quantitative estimate of drug-likeness (QED) is 0.189. The molecule has 4 N–H and O–H groups in total. The molecule has 10 nitrogen and oxygen atoms in total. The Balaban J connectivity index is 1.72. The van der Waals surface area contributed by atoms with E-state index in [1.807, 2.05) is 36.4 Å². The van der Waals surface area contributed by atoms with E-state index in [4.69, 9.17) is 4.74 Å². The summed E-state index contributed by atoms with van der Waals surface area (Å²) in [5.41, 5.74) is 0.576. The highest BCUT2D eigenvalue weighted by molar-refractivity contribution is 6.00. The summed E-state index contributed by atoms with van der Waals surface area (Å²) in [7, 11) is 0. The number of amides is 3. The molecule has 0 spiro atoms. The molecule has 4 aromatic carbocycles. The van der Waals surface area contributed by atoms with Gasteiger partial charge < -0.3 is 30.5 Å². The van der Waals surface area contributed by atoms with Gasteiger partial charge in [-0.15, -0.1) is 0 Å². The van der Waals surface area contributed by atoms with Gasteiger partial charge in [0, 0.05) is 12.1 Å². The van der Waals surface area contributed by atoms with Crippen LogP contribution in [0.1, 0.15) is 37.9 Å². The molecule has 226 valence electrons. The number of alkyl carbamates (subject to hydrolysis) is 1. The number of rotatable bonds is 9. The first kappa shape index (κ1) is 31.4. The maximum Gasteiger partial charge on any atom is 0.408 e. The summed E-state index contributed by atoms with van der Waals surface area (Å²) in [5.74, 6) is -1.33. The predicted molar refractivity (Wildman–Crippen MR) is 166 cm³/mol. The number of nitrogens with one attached hydrogen (secondary N) is 2. The lowest BCUT2D eigenvalue weighted by molar-refractivity contribution is -0.140. The Morgan fingerprint density at radius 1 is 0.886 bits per heavy atom. The van der Waals surface area contributed by atoms with Crippen molar-refractivity contribution >= 4 is 34.4 Å². The second-order valence-corrected chi connectivity index (χ2v) is 11.2. The highest BCUT2D eigenvalue weighted by Gasteiger charge is 2.36. The van der Waals surface area contributed by atoms with Gasteiger partial charge in [-0.1, -0.05) is 54.6 Å². The summed E-state index contributed by atoms with van der Waals surface area (Å²) >= 11 is 0. The van der Waals surface area contributed by atoms with E-state index >= 15 is 0 Å². The first-order chi connectivity index (χ1) is 20.9. The third-order valence-corrected chi connectivity index (χ3v) is 6.68. The highest BCUT2D eigenvalue weighted by Crippen LogP contribution is 2.27. The topological polar surface area (TPSA) is 152 Å². The maximum atomic E-state index is 14.2. The Bertz CT molecular complexity index is 1670. The summed E-state index contributed by atoms with van der Waals surface area (Å²) in [6.45, 7) is 4.56. The average molecular weight is 595 g/mol. The first-order valence-electron chi connectivity index (χ1n) is 14.0. The number of anilines is 1. The zero-order valence-corrected chi connectivity index (χ0v) is 24.7. The Morgan fingerprint density at radius 3 is 2.11 bits per heavy atom. The van der Waals surface area contributed by atoms with Crippen molar-refractivity contribution in [1.82, 2.24) is 10.2 Å². The molecule has 0 heterocycles. The number of fused-ring (bicyclic) bond motifs is 1. The van der Waals surface area contributed by atoms with Crippen LogP contribution in [-0.2, 0) is 20.7 Å². The minimum atomic E-state index is -1.31. The van der Waals surface area contributed by atoms with E-state index in [9.17, 15) is 29.9 Å². The van der Waals surface area contributed by atoms with Crippen molar-refractivity contribution in [3.05, 3.63) is 102 Å². The number of aromatic hydroxyl groups is 2. The fourth-order valence-corrected chi connectivity index (χ4v) is 4.70. The van der Waals surface area contributed by atoms with Crippen molar-refractivity contribution in [2.75, 3.05) is 11.9 Å². The van der Waals surface area contributed by atoms with Crippen molar-refractivity contribution in [2.24, 2.45) is 0 Å². The van der Waals surface area contributed by atoms with Crippen molar-refractivity contribution < 1.29 is 29.3 Å². The third kappa shape index (κ3) is 8.26. The van der Waals surface area contributed by atoms with Gasteiger partial charge in [0.05, 0.1) is 6.07 Å². The van der Waals surface area contributed by atoms with Crippen LogP contribution in [0.3, 0.4) is 0 Å². The lowest BCUT2D eigenvalue weighted by atomic mass is 10.00. The van der Waals surface area contributed by atoms with Crippen molar-refractivity contribution in [3.63, 3.8) is 0 Å². The molecule has 0 radical (unpaired) electrons. The molecule has 3 amide bonds. The van der Waals surface area contributed by atoms with Crippen LogP contribution in [0.5, 0.6) is 11.5 Å². The minimum absolute atomic E-state index is 0.0190. The Labute approximate surface area is 255 Å². The molecule has 4 rings (SSSR count). The number of carbonyl (C=O) groups excluding carboxylic acids is 3. The zero-order valence-electron chi connectivity index (χ0n) is 24.7. The molecule has 0 fully saturated rings. The number of nitrogens with zero attached hydrogens (tertiary/aromatic N) is 2. The van der Waals surface area contributed by atoms with Crippen LogP contribution >= 0.6 is 0 Å². The molecule has 0 aliphatic carbocycles. The van der Waals surface area contributed by atoms with Gasteiger partial charge in [-0.25, -0.2) is 4.79 Å². The number of benzene rings is 4. The largest absolute Gasteiger partial charge is 0.508 e. The number of phenols is 2. The van der Waals surface area contributed by atoms with Crippen molar-refractivity contribution in [1.29, 1.82) is 5.26 Å². The standard InChI is InChI=1S/C34H34N4O6/c1-34(2,3)44-33(43)37-29(20-22-8-14-27(39)15-9-22)32(42)38(19-18-35)30(24-11-16-28(40)17-12-24)31(41)36-26-13-10-23-6-4-5-7-25(23)21-26/h4-17,21,29-30,39-40H,19-20H2,1-3H3,(H,36,41)(H,37,43). The van der Waals surface area contributed by atoms with E-state index in [-0.39, 0.29) is 17.9 Å². The summed E-state index contributed by atoms with van der Waals surface area (Å²) in [4.78, 5) is 42.1. The van der Waals surface area contributed by atoms with Crippen LogP contribution in [0.15, 0.2) is 91.0 Å². The number of nitriles is 1. The van der Waals surface area contributed by atoms with E-state index in [0.717, 1.165) is 15.7 Å². The summed E-state index contributed by atoms with van der Waals surface area (Å²) in [6.07, 6.45) is -0.872. The fourth-order valence-electron chi connectivity index (χ4n) is 4.70. The average Bonchev–Trinajstić information content (AvgIpc) is 2.97. The van der Waals surface area contributed by atoms with Gasteiger partial charge in [0.25, 0.3) is 5.91 Å². The van der Waals surface area contributed by atoms with Gasteiger partial charge in [0.1, 0.15) is 35.7 Å². The molecular weight excluding hydrogens is 560 g/mol. The molecule has 2 unspecified atom stereocenters. The maximum absolute atomic E-state index is 14.2. The molecule has 0 aliphatic heterocycles. The first-order valence-corrected chi connectivity index (χ1v) is 14.0. The Hall–Kier alpha value is -5.56. The second-order valence-electron chi connectivity index (χ2n) is 11.2. The van der Waals surface area contributed by atoms with Crippen molar-refractivity contribution in [3.8, 4) is 17.6 Å². The van der Waals surface area contributed by atoms with Gasteiger partial charge >= 0.3 is 6.09 Å². The molecule has 0 aliphatic rings. The number of hydrogen-bond donors (Lipinski definition) is 4. The summed E-state index contributed by atoms with van der Waals surface area (Å²) in [6, 6.07) is 24.3. The van der Waals surface area contributed by atoms with Crippen LogP contribution in [0.4, 0.5) is 10.5 Å². The van der Waals surface area contributed by atoms with Gasteiger partial charge in [-0.3, -0.25) is 9.59 Å². The number of phenolic OH excluding ortho intramolecular Hbond substituents is 2. The van der Waals surface area contributed by atoms with Crippen molar-refractivity contribution in [2.45, 2.75) is 44.9 Å². The second kappa shape index (κ2) is 13.6. The van der Waals surface area contributed by atoms with E-state index in [2.05, 4.69) is 10.6 Å². The third-order valence-electron chi connectivity index (χ3n) is 6.68. The molecule has 10 heteroatoms. The summed E-state index contributed by atoms with van der Waals surface area (Å²) < 4.78 is 5.40. The Morgan fingerprint density at radius 2 is 1.50 bits per heavy atom. The normalized spacial score (nSPS) is 12.4. The number of carbonyl (C=O) groups is 3. The van der Waals surface area contributed by atoms with E-state index in [1.165, 1.54) is 36.4 Å². The molecule has 0 saturated heterocycles. The van der Waals surface area contributed by atoms with E-state index in [1.54, 1.807) is 45.0 Å².